The molecule has 0 atom stereocenters. The Morgan fingerprint density at radius 2 is 1.00 bits per heavy atom. The summed E-state index contributed by atoms with van der Waals surface area (Å²) in [6, 6.07) is 55.3. The molecule has 10 aromatic rings. The SMILES string of the molecule is c1ccc(-c2cc(-c3cccc(-c4ccc(-c5nc6ccccc6c6c5ccc5c7ccccc7sc56)cc4)c3)cc(-c3ccccn3)n2)nc1. The summed E-state index contributed by atoms with van der Waals surface area (Å²) in [5.41, 5.74) is 10.8. The molecule has 0 amide bonds. The fourth-order valence-corrected chi connectivity index (χ4v) is 8.39. The molecule has 0 spiro atoms. The average molecular weight is 669 g/mol. The van der Waals surface area contributed by atoms with Gasteiger partial charge in [0.25, 0.3) is 0 Å². The zero-order valence-corrected chi connectivity index (χ0v) is 28.2. The Kier molecular flexibility index (Phi) is 6.96. The molecule has 0 aliphatic heterocycles. The minimum absolute atomic E-state index is 0.812. The lowest BCUT2D eigenvalue weighted by molar-refractivity contribution is 1.22. The number of aromatic nitrogens is 4. The molecule has 5 heterocycles. The Morgan fingerprint density at radius 3 is 1.73 bits per heavy atom. The normalized spacial score (nSPS) is 11.5. The first-order chi connectivity index (χ1) is 25.3. The quantitative estimate of drug-likeness (QED) is 0.171. The first-order valence-electron chi connectivity index (χ1n) is 17.0. The van der Waals surface area contributed by atoms with Crippen molar-refractivity contribution in [1.29, 1.82) is 0 Å². The summed E-state index contributed by atoms with van der Waals surface area (Å²) in [6.07, 6.45) is 3.60. The van der Waals surface area contributed by atoms with E-state index in [2.05, 4.69) is 131 Å². The number of benzene rings is 5. The Balaban J connectivity index is 1.07. The van der Waals surface area contributed by atoms with Crippen LogP contribution in [0.2, 0.25) is 0 Å². The number of rotatable bonds is 5. The molecular weight excluding hydrogens is 641 g/mol. The number of nitrogens with zero attached hydrogens (tertiary/aromatic N) is 4. The van der Waals surface area contributed by atoms with Gasteiger partial charge in [-0.15, -0.1) is 11.3 Å². The van der Waals surface area contributed by atoms with Crippen LogP contribution >= 0.6 is 11.3 Å². The van der Waals surface area contributed by atoms with Crippen LogP contribution < -0.4 is 0 Å². The van der Waals surface area contributed by atoms with Gasteiger partial charge < -0.3 is 0 Å². The van der Waals surface area contributed by atoms with E-state index in [9.17, 15) is 0 Å². The number of hydrogen-bond acceptors (Lipinski definition) is 5. The van der Waals surface area contributed by atoms with E-state index in [0.29, 0.717) is 0 Å². The smallest absolute Gasteiger partial charge is 0.0900 e. The van der Waals surface area contributed by atoms with Crippen molar-refractivity contribution in [3.05, 3.63) is 170 Å². The van der Waals surface area contributed by atoms with Gasteiger partial charge in [0.15, 0.2) is 0 Å². The van der Waals surface area contributed by atoms with E-state index in [1.54, 1.807) is 12.4 Å². The summed E-state index contributed by atoms with van der Waals surface area (Å²) in [4.78, 5) is 19.4. The van der Waals surface area contributed by atoms with Crippen molar-refractivity contribution >= 4 is 53.2 Å². The highest BCUT2D eigenvalue weighted by Gasteiger charge is 2.16. The zero-order chi connectivity index (χ0) is 33.7. The maximum Gasteiger partial charge on any atom is 0.0900 e. The van der Waals surface area contributed by atoms with Crippen LogP contribution in [0.15, 0.2) is 170 Å². The fourth-order valence-electron chi connectivity index (χ4n) is 7.12. The highest BCUT2D eigenvalue weighted by molar-refractivity contribution is 7.26. The first-order valence-corrected chi connectivity index (χ1v) is 17.8. The van der Waals surface area contributed by atoms with Crippen molar-refractivity contribution in [2.24, 2.45) is 0 Å². The predicted octanol–water partition coefficient (Wildman–Crippen LogP) is 12.3. The molecule has 0 fully saturated rings. The maximum atomic E-state index is 5.25. The van der Waals surface area contributed by atoms with E-state index < -0.39 is 0 Å². The molecule has 0 saturated heterocycles. The summed E-state index contributed by atoms with van der Waals surface area (Å²) in [6.45, 7) is 0. The van der Waals surface area contributed by atoms with Crippen molar-refractivity contribution in [3.63, 3.8) is 0 Å². The molecule has 4 nitrogen and oxygen atoms in total. The lowest BCUT2D eigenvalue weighted by atomic mass is 9.95. The predicted molar refractivity (Wildman–Crippen MR) is 213 cm³/mol. The Hall–Kier alpha value is -6.56. The number of pyridine rings is 4. The van der Waals surface area contributed by atoms with Gasteiger partial charge in [-0.1, -0.05) is 103 Å². The monoisotopic (exact) mass is 668 g/mol. The highest BCUT2D eigenvalue weighted by Crippen LogP contribution is 2.43. The molecule has 0 aliphatic carbocycles. The van der Waals surface area contributed by atoms with Crippen molar-refractivity contribution in [2.75, 3.05) is 0 Å². The second-order valence-corrected chi connectivity index (χ2v) is 13.7. The van der Waals surface area contributed by atoms with Gasteiger partial charge in [0, 0.05) is 54.3 Å². The fraction of sp³-hybridized carbons (Fsp3) is 0. The topological polar surface area (TPSA) is 51.6 Å². The molecule has 0 unspecified atom stereocenters. The second-order valence-electron chi connectivity index (χ2n) is 12.7. The Bertz CT molecular complexity index is 2840. The third kappa shape index (κ3) is 5.14. The van der Waals surface area contributed by atoms with Crippen LogP contribution in [0.5, 0.6) is 0 Å². The number of thiophene rings is 1. The molecule has 0 N–H and O–H groups in total. The van der Waals surface area contributed by atoms with Crippen molar-refractivity contribution in [2.45, 2.75) is 0 Å². The van der Waals surface area contributed by atoms with Gasteiger partial charge in [0.2, 0.25) is 0 Å². The van der Waals surface area contributed by atoms with Crippen molar-refractivity contribution < 1.29 is 0 Å². The van der Waals surface area contributed by atoms with Gasteiger partial charge in [0.05, 0.1) is 34.0 Å². The summed E-state index contributed by atoms with van der Waals surface area (Å²) >= 11 is 1.87. The van der Waals surface area contributed by atoms with Crippen molar-refractivity contribution in [3.8, 4) is 56.3 Å². The molecule has 0 bridgehead atoms. The summed E-state index contributed by atoms with van der Waals surface area (Å²) in [5, 5.41) is 6.25. The molecule has 238 valence electrons. The van der Waals surface area contributed by atoms with Gasteiger partial charge in [-0.05, 0) is 76.9 Å². The van der Waals surface area contributed by atoms with Crippen LogP contribution in [0.25, 0.3) is 98.1 Å². The minimum Gasteiger partial charge on any atom is -0.255 e. The molecule has 0 saturated carbocycles. The largest absolute Gasteiger partial charge is 0.255 e. The molecule has 5 heteroatoms. The Morgan fingerprint density at radius 1 is 0.373 bits per heavy atom. The number of para-hydroxylation sites is 1. The number of hydrogen-bond donors (Lipinski definition) is 0. The van der Waals surface area contributed by atoms with Crippen molar-refractivity contribution in [1.82, 2.24) is 19.9 Å². The summed E-state index contributed by atoms with van der Waals surface area (Å²) < 4.78 is 2.62. The first kappa shape index (κ1) is 29.4. The molecule has 51 heavy (non-hydrogen) atoms. The third-order valence-electron chi connectivity index (χ3n) is 9.58. The lowest BCUT2D eigenvalue weighted by Crippen LogP contribution is -1.94. The van der Waals surface area contributed by atoms with Crippen LogP contribution in [-0.2, 0) is 0 Å². The van der Waals surface area contributed by atoms with E-state index in [4.69, 9.17) is 9.97 Å². The van der Waals surface area contributed by atoms with Gasteiger partial charge in [-0.2, -0.15) is 0 Å². The van der Waals surface area contributed by atoms with E-state index in [1.807, 2.05) is 47.7 Å². The maximum absolute atomic E-state index is 5.25. The molecule has 5 aromatic carbocycles. The van der Waals surface area contributed by atoms with Gasteiger partial charge >= 0.3 is 0 Å². The van der Waals surface area contributed by atoms with Gasteiger partial charge in [-0.25, -0.2) is 9.97 Å². The average Bonchev–Trinajstić information content (AvgIpc) is 3.60. The second kappa shape index (κ2) is 12.1. The van der Waals surface area contributed by atoms with Crippen LogP contribution in [0.1, 0.15) is 0 Å². The van der Waals surface area contributed by atoms with E-state index in [1.165, 1.54) is 36.3 Å². The summed E-state index contributed by atoms with van der Waals surface area (Å²) in [7, 11) is 0. The molecule has 5 aromatic heterocycles. The van der Waals surface area contributed by atoms with Crippen LogP contribution in [-0.4, -0.2) is 19.9 Å². The molecule has 0 aliphatic rings. The van der Waals surface area contributed by atoms with E-state index >= 15 is 0 Å². The van der Waals surface area contributed by atoms with Crippen LogP contribution in [0.3, 0.4) is 0 Å². The van der Waals surface area contributed by atoms with Gasteiger partial charge in [0.1, 0.15) is 0 Å². The number of fused-ring (bicyclic) bond motifs is 7. The zero-order valence-electron chi connectivity index (χ0n) is 27.4. The van der Waals surface area contributed by atoms with Crippen LogP contribution in [0.4, 0.5) is 0 Å². The van der Waals surface area contributed by atoms with E-state index in [0.717, 1.165) is 61.8 Å². The highest BCUT2D eigenvalue weighted by atomic mass is 32.1. The molecule has 0 radical (unpaired) electrons. The Labute approximate surface area is 298 Å². The molecule has 10 rings (SSSR count). The summed E-state index contributed by atoms with van der Waals surface area (Å²) in [5.74, 6) is 0. The van der Waals surface area contributed by atoms with E-state index in [-0.39, 0.29) is 0 Å². The van der Waals surface area contributed by atoms with Crippen LogP contribution in [0, 0.1) is 0 Å². The van der Waals surface area contributed by atoms with Gasteiger partial charge in [-0.3, -0.25) is 9.97 Å². The standard InChI is InChI=1S/C46H28N4S/c1-3-14-38-36(13-1)44-37(23-22-35-34-12-2-4-17-43(34)51-46(35)44)45(50-38)30-20-18-29(19-21-30)31-10-9-11-32(26-31)33-27-41(39-15-5-7-24-47-39)49-42(28-33)40-16-6-8-25-48-40/h1-28H. The minimum atomic E-state index is 0.812. The third-order valence-corrected chi connectivity index (χ3v) is 10.8. The lowest BCUT2D eigenvalue weighted by Gasteiger charge is -2.12. The molecular formula is C46H28N4S.